The quantitative estimate of drug-likeness (QED) is 0.319. The molecule has 188 valence electrons. The van der Waals surface area contributed by atoms with Gasteiger partial charge in [0.05, 0.1) is 11.4 Å². The number of nitrogens with zero attached hydrogens (tertiary/aromatic N) is 2. The van der Waals surface area contributed by atoms with Gasteiger partial charge >= 0.3 is 0 Å². The monoisotopic (exact) mass is 502 g/mol. The molecule has 0 radical (unpaired) electrons. The van der Waals surface area contributed by atoms with Crippen LogP contribution in [0.15, 0.2) is 47.4 Å². The second kappa shape index (κ2) is 10.4. The van der Waals surface area contributed by atoms with Crippen LogP contribution in [0.5, 0.6) is 5.75 Å². The van der Waals surface area contributed by atoms with Gasteiger partial charge in [-0.2, -0.15) is 0 Å². The lowest BCUT2D eigenvalue weighted by molar-refractivity contribution is -0.123. The fraction of sp³-hybridized carbons (Fsp3) is 0.333. The van der Waals surface area contributed by atoms with Gasteiger partial charge in [0.25, 0.3) is 11.1 Å². The van der Waals surface area contributed by atoms with Crippen molar-refractivity contribution in [1.82, 2.24) is 9.47 Å². The molecule has 0 atom stereocenters. The third-order valence-corrected chi connectivity index (χ3v) is 7.65. The minimum atomic E-state index is -0.266. The summed E-state index contributed by atoms with van der Waals surface area (Å²) in [5.74, 6) is 0.868. The molecule has 2 amide bonds. The van der Waals surface area contributed by atoms with Crippen LogP contribution >= 0.6 is 11.8 Å². The van der Waals surface area contributed by atoms with Crippen LogP contribution in [0.3, 0.4) is 0 Å². The zero-order chi connectivity index (χ0) is 26.1. The minimum Gasteiger partial charge on any atom is -0.491 e. The third kappa shape index (κ3) is 5.14. The molecule has 1 fully saturated rings. The van der Waals surface area contributed by atoms with E-state index < -0.39 is 0 Å². The van der Waals surface area contributed by atoms with Crippen molar-refractivity contribution < 1.29 is 14.3 Å². The number of carbonyl (C=O) groups excluding carboxylic acids is 2. The van der Waals surface area contributed by atoms with Crippen LogP contribution in [-0.2, 0) is 4.79 Å². The van der Waals surface area contributed by atoms with Crippen molar-refractivity contribution in [2.45, 2.75) is 54.4 Å². The standard InChI is InChI=1S/C30H34N2O3S/c1-18(2)26-11-8-19(3)14-27(26)35-13-12-31-29(33)28(36-30(31)34)17-24-16-22(6)32(23(24)7)25-10-9-20(4)21(5)15-25/h8-11,14-18H,12-13H2,1-7H3/b28-17-. The average molecular weight is 503 g/mol. The number of aryl methyl sites for hydroxylation is 4. The van der Waals surface area contributed by atoms with E-state index in [1.165, 1.54) is 16.0 Å². The number of hydrogen-bond acceptors (Lipinski definition) is 4. The number of rotatable bonds is 7. The van der Waals surface area contributed by atoms with Gasteiger partial charge in [0.2, 0.25) is 0 Å². The van der Waals surface area contributed by atoms with Gasteiger partial charge in [0.1, 0.15) is 12.4 Å². The Kier molecular flexibility index (Phi) is 7.46. The van der Waals surface area contributed by atoms with Crippen LogP contribution < -0.4 is 4.74 Å². The van der Waals surface area contributed by atoms with Crippen LogP contribution in [-0.4, -0.2) is 33.8 Å². The van der Waals surface area contributed by atoms with Crippen LogP contribution in [0, 0.1) is 34.6 Å². The predicted octanol–water partition coefficient (Wildman–Crippen LogP) is 7.26. The Morgan fingerprint density at radius 3 is 2.39 bits per heavy atom. The number of imide groups is 1. The second-order valence-corrected chi connectivity index (χ2v) is 10.8. The maximum Gasteiger partial charge on any atom is 0.293 e. The molecule has 1 saturated heterocycles. The largest absolute Gasteiger partial charge is 0.491 e. The van der Waals surface area contributed by atoms with E-state index in [1.54, 1.807) is 0 Å². The van der Waals surface area contributed by atoms with E-state index in [0.717, 1.165) is 51.3 Å². The number of carbonyl (C=O) groups is 2. The normalized spacial score (nSPS) is 15.0. The zero-order valence-corrected chi connectivity index (χ0v) is 23.0. The Morgan fingerprint density at radius 2 is 1.69 bits per heavy atom. The van der Waals surface area contributed by atoms with Crippen molar-refractivity contribution in [3.63, 3.8) is 0 Å². The van der Waals surface area contributed by atoms with E-state index >= 15 is 0 Å². The summed E-state index contributed by atoms with van der Waals surface area (Å²) in [7, 11) is 0. The molecule has 0 unspecified atom stereocenters. The molecule has 1 aliphatic heterocycles. The Bertz CT molecular complexity index is 1370. The van der Waals surface area contributed by atoms with E-state index in [9.17, 15) is 9.59 Å². The number of hydrogen-bond donors (Lipinski definition) is 0. The molecular formula is C30H34N2O3S. The topological polar surface area (TPSA) is 51.5 Å². The summed E-state index contributed by atoms with van der Waals surface area (Å²) >= 11 is 0.991. The Morgan fingerprint density at radius 1 is 0.944 bits per heavy atom. The van der Waals surface area contributed by atoms with Gasteiger partial charge in [-0.1, -0.05) is 32.0 Å². The molecule has 6 heteroatoms. The first kappa shape index (κ1) is 25.8. The highest BCUT2D eigenvalue weighted by Crippen LogP contribution is 2.34. The summed E-state index contributed by atoms with van der Waals surface area (Å²) in [5.41, 5.74) is 8.86. The van der Waals surface area contributed by atoms with Crippen molar-refractivity contribution in [3.05, 3.63) is 86.6 Å². The SMILES string of the molecule is Cc1ccc(C(C)C)c(OCCN2C(=O)S/C(=C\c3cc(C)n(-c4ccc(C)c(C)c4)c3C)C2=O)c1. The summed E-state index contributed by atoms with van der Waals surface area (Å²) in [6.07, 6.45) is 1.84. The zero-order valence-electron chi connectivity index (χ0n) is 22.1. The fourth-order valence-corrected chi connectivity index (χ4v) is 5.38. The first-order chi connectivity index (χ1) is 17.1. The summed E-state index contributed by atoms with van der Waals surface area (Å²) in [6.45, 7) is 15.0. The van der Waals surface area contributed by atoms with Gasteiger partial charge in [-0.25, -0.2) is 0 Å². The molecule has 0 spiro atoms. The smallest absolute Gasteiger partial charge is 0.293 e. The molecule has 4 rings (SSSR count). The lowest BCUT2D eigenvalue weighted by Gasteiger charge is -2.17. The van der Waals surface area contributed by atoms with Gasteiger partial charge in [-0.15, -0.1) is 0 Å². The van der Waals surface area contributed by atoms with Crippen molar-refractivity contribution >= 4 is 29.0 Å². The summed E-state index contributed by atoms with van der Waals surface area (Å²) in [6, 6.07) is 14.6. The van der Waals surface area contributed by atoms with Crippen molar-refractivity contribution in [1.29, 1.82) is 0 Å². The first-order valence-electron chi connectivity index (χ1n) is 12.3. The number of aromatic nitrogens is 1. The molecule has 0 aliphatic carbocycles. The molecular weight excluding hydrogens is 468 g/mol. The van der Waals surface area contributed by atoms with Gasteiger partial charge in [0, 0.05) is 17.1 Å². The van der Waals surface area contributed by atoms with Gasteiger partial charge in [-0.3, -0.25) is 14.5 Å². The molecule has 36 heavy (non-hydrogen) atoms. The molecule has 3 aromatic rings. The highest BCUT2D eigenvalue weighted by atomic mass is 32.2. The number of thioether (sulfide) groups is 1. The summed E-state index contributed by atoms with van der Waals surface area (Å²) in [5, 5.41) is -0.258. The summed E-state index contributed by atoms with van der Waals surface area (Å²) in [4.78, 5) is 27.5. The lowest BCUT2D eigenvalue weighted by atomic mass is 10.0. The van der Waals surface area contributed by atoms with E-state index in [2.05, 4.69) is 75.6 Å². The molecule has 0 saturated carbocycles. The predicted molar refractivity (Wildman–Crippen MR) is 148 cm³/mol. The Hall–Kier alpha value is -3.25. The number of benzene rings is 2. The Balaban J connectivity index is 1.50. The number of ether oxygens (including phenoxy) is 1. The van der Waals surface area contributed by atoms with Crippen LogP contribution in [0.1, 0.15) is 59.0 Å². The maximum absolute atomic E-state index is 13.1. The molecule has 0 N–H and O–H groups in total. The molecule has 2 heterocycles. The van der Waals surface area contributed by atoms with Gasteiger partial charge < -0.3 is 9.30 Å². The Labute approximate surface area is 218 Å². The van der Waals surface area contributed by atoms with E-state index in [1.807, 2.05) is 26.0 Å². The maximum atomic E-state index is 13.1. The van der Waals surface area contributed by atoms with E-state index in [4.69, 9.17) is 4.74 Å². The van der Waals surface area contributed by atoms with Crippen LogP contribution in [0.4, 0.5) is 4.79 Å². The van der Waals surface area contributed by atoms with Crippen LogP contribution in [0.2, 0.25) is 0 Å². The summed E-state index contributed by atoms with van der Waals surface area (Å²) < 4.78 is 8.20. The third-order valence-electron chi connectivity index (χ3n) is 6.74. The van der Waals surface area contributed by atoms with Gasteiger partial charge in [-0.05, 0) is 110 Å². The van der Waals surface area contributed by atoms with Crippen LogP contribution in [0.25, 0.3) is 11.8 Å². The lowest BCUT2D eigenvalue weighted by Crippen LogP contribution is -2.32. The second-order valence-electron chi connectivity index (χ2n) is 9.81. The van der Waals surface area contributed by atoms with Crippen molar-refractivity contribution in [2.24, 2.45) is 0 Å². The molecule has 2 aromatic carbocycles. The number of amides is 2. The molecule has 0 bridgehead atoms. The first-order valence-corrected chi connectivity index (χ1v) is 13.1. The van der Waals surface area contributed by atoms with Crippen molar-refractivity contribution in [2.75, 3.05) is 13.2 Å². The highest BCUT2D eigenvalue weighted by Gasteiger charge is 2.35. The van der Waals surface area contributed by atoms with E-state index in [-0.39, 0.29) is 24.3 Å². The van der Waals surface area contributed by atoms with E-state index in [0.29, 0.717) is 10.8 Å². The molecule has 1 aliphatic rings. The fourth-order valence-electron chi connectivity index (χ4n) is 4.52. The minimum absolute atomic E-state index is 0.217. The van der Waals surface area contributed by atoms with Gasteiger partial charge in [0.15, 0.2) is 0 Å². The van der Waals surface area contributed by atoms with Crippen molar-refractivity contribution in [3.8, 4) is 11.4 Å². The molecule has 5 nitrogen and oxygen atoms in total. The highest BCUT2D eigenvalue weighted by molar-refractivity contribution is 8.18. The average Bonchev–Trinajstić information content (AvgIpc) is 3.24. The molecule has 1 aromatic heterocycles.